The van der Waals surface area contributed by atoms with Crippen LogP contribution in [0.4, 0.5) is 4.39 Å². The molecule has 84 valence electrons. The summed E-state index contributed by atoms with van der Waals surface area (Å²) in [4.78, 5) is 14.9. The molecule has 6 heteroatoms. The summed E-state index contributed by atoms with van der Waals surface area (Å²) in [6.45, 7) is 0. The number of nitrogens with one attached hydrogen (secondary N) is 1. The van der Waals surface area contributed by atoms with Gasteiger partial charge in [0.25, 0.3) is 0 Å². The number of aromatic amines is 1. The Morgan fingerprint density at radius 2 is 2.18 bits per heavy atom. The van der Waals surface area contributed by atoms with Gasteiger partial charge in [0.2, 0.25) is 0 Å². The smallest absolute Gasteiger partial charge is 0.181 e. The standard InChI is InChI=1S/C11H7FN4O/c12-6-1-2-9(17)7(3-6)10-15-8-4-13-5-14-11(8)16-10/h1-5,17H,(H,13,14,15,16). The Morgan fingerprint density at radius 1 is 1.29 bits per heavy atom. The van der Waals surface area contributed by atoms with E-state index in [-0.39, 0.29) is 5.75 Å². The molecule has 1 aromatic carbocycles. The lowest BCUT2D eigenvalue weighted by Gasteiger charge is -2.00. The van der Waals surface area contributed by atoms with Crippen molar-refractivity contribution in [3.05, 3.63) is 36.5 Å². The van der Waals surface area contributed by atoms with Crippen LogP contribution in [0, 0.1) is 5.82 Å². The number of rotatable bonds is 1. The van der Waals surface area contributed by atoms with Crippen molar-refractivity contribution in [3.8, 4) is 17.1 Å². The molecule has 0 aliphatic heterocycles. The topological polar surface area (TPSA) is 74.7 Å². The lowest BCUT2D eigenvalue weighted by Crippen LogP contribution is -1.83. The second-order valence-electron chi connectivity index (χ2n) is 3.51. The fourth-order valence-electron chi connectivity index (χ4n) is 1.59. The first-order valence-corrected chi connectivity index (χ1v) is 4.88. The first-order chi connectivity index (χ1) is 8.24. The van der Waals surface area contributed by atoms with Crippen molar-refractivity contribution in [1.29, 1.82) is 0 Å². The summed E-state index contributed by atoms with van der Waals surface area (Å²) in [6.07, 6.45) is 2.94. The van der Waals surface area contributed by atoms with Gasteiger partial charge < -0.3 is 10.1 Å². The van der Waals surface area contributed by atoms with E-state index in [1.54, 1.807) is 6.20 Å². The Kier molecular flexibility index (Phi) is 2.01. The minimum atomic E-state index is -0.440. The molecule has 3 rings (SSSR count). The van der Waals surface area contributed by atoms with Gasteiger partial charge in [-0.15, -0.1) is 0 Å². The Balaban J connectivity index is 2.23. The highest BCUT2D eigenvalue weighted by Crippen LogP contribution is 2.28. The molecule has 0 aliphatic rings. The highest BCUT2D eigenvalue weighted by atomic mass is 19.1. The van der Waals surface area contributed by atoms with Gasteiger partial charge in [0.1, 0.15) is 29.2 Å². The molecule has 17 heavy (non-hydrogen) atoms. The minimum Gasteiger partial charge on any atom is -0.507 e. The van der Waals surface area contributed by atoms with Gasteiger partial charge in [-0.25, -0.2) is 19.3 Å². The van der Waals surface area contributed by atoms with Crippen LogP contribution in [0.1, 0.15) is 0 Å². The lowest BCUT2D eigenvalue weighted by atomic mass is 10.2. The van der Waals surface area contributed by atoms with E-state index in [2.05, 4.69) is 19.9 Å². The summed E-state index contributed by atoms with van der Waals surface area (Å²) in [5, 5.41) is 9.65. The van der Waals surface area contributed by atoms with Gasteiger partial charge in [0.05, 0.1) is 11.8 Å². The van der Waals surface area contributed by atoms with E-state index >= 15 is 0 Å². The Labute approximate surface area is 95.0 Å². The average Bonchev–Trinajstić information content (AvgIpc) is 2.75. The fraction of sp³-hybridized carbons (Fsp3) is 0. The molecule has 0 fully saturated rings. The molecule has 0 unspecified atom stereocenters. The number of phenols is 1. The second kappa shape index (κ2) is 3.51. The molecule has 0 saturated heterocycles. The van der Waals surface area contributed by atoms with Crippen molar-refractivity contribution in [2.24, 2.45) is 0 Å². The van der Waals surface area contributed by atoms with Crippen molar-refractivity contribution >= 4 is 11.2 Å². The molecule has 0 saturated carbocycles. The number of hydrogen-bond acceptors (Lipinski definition) is 4. The molecule has 0 bridgehead atoms. The monoisotopic (exact) mass is 230 g/mol. The molecule has 2 heterocycles. The summed E-state index contributed by atoms with van der Waals surface area (Å²) in [6, 6.07) is 3.67. The number of nitrogens with zero attached hydrogens (tertiary/aromatic N) is 3. The van der Waals surface area contributed by atoms with Gasteiger partial charge in [0.15, 0.2) is 5.65 Å². The molecule has 0 aliphatic carbocycles. The highest BCUT2D eigenvalue weighted by Gasteiger charge is 2.11. The summed E-state index contributed by atoms with van der Waals surface area (Å²) in [5.41, 5.74) is 1.40. The van der Waals surface area contributed by atoms with Crippen LogP contribution in [0.5, 0.6) is 5.75 Å². The average molecular weight is 230 g/mol. The molecule has 0 atom stereocenters. The fourth-order valence-corrected chi connectivity index (χ4v) is 1.59. The van der Waals surface area contributed by atoms with Crippen molar-refractivity contribution in [2.45, 2.75) is 0 Å². The van der Waals surface area contributed by atoms with E-state index in [0.29, 0.717) is 22.6 Å². The lowest BCUT2D eigenvalue weighted by molar-refractivity contribution is 0.475. The number of benzene rings is 1. The summed E-state index contributed by atoms with van der Waals surface area (Å²) >= 11 is 0. The summed E-state index contributed by atoms with van der Waals surface area (Å²) < 4.78 is 13.1. The van der Waals surface area contributed by atoms with E-state index in [4.69, 9.17) is 0 Å². The van der Waals surface area contributed by atoms with Gasteiger partial charge in [-0.3, -0.25) is 0 Å². The van der Waals surface area contributed by atoms with Crippen molar-refractivity contribution in [3.63, 3.8) is 0 Å². The highest BCUT2D eigenvalue weighted by molar-refractivity contribution is 5.76. The van der Waals surface area contributed by atoms with Crippen LogP contribution < -0.4 is 0 Å². The quantitative estimate of drug-likeness (QED) is 0.669. The first kappa shape index (κ1) is 9.71. The maximum absolute atomic E-state index is 13.1. The van der Waals surface area contributed by atoms with E-state index in [1.807, 2.05) is 0 Å². The summed E-state index contributed by atoms with van der Waals surface area (Å²) in [7, 11) is 0. The number of aromatic nitrogens is 4. The molecule has 0 spiro atoms. The van der Waals surface area contributed by atoms with Crippen molar-refractivity contribution in [2.75, 3.05) is 0 Å². The Bertz CT molecular complexity index is 662. The van der Waals surface area contributed by atoms with Crippen molar-refractivity contribution < 1.29 is 9.50 Å². The van der Waals surface area contributed by atoms with E-state index in [9.17, 15) is 9.50 Å². The van der Waals surface area contributed by atoms with Crippen molar-refractivity contribution in [1.82, 2.24) is 19.9 Å². The molecule has 2 N–H and O–H groups in total. The minimum absolute atomic E-state index is 0.0431. The number of H-pyrrole nitrogens is 1. The van der Waals surface area contributed by atoms with Crippen LogP contribution >= 0.6 is 0 Å². The molecule has 3 aromatic rings. The number of aromatic hydroxyl groups is 1. The largest absolute Gasteiger partial charge is 0.507 e. The maximum Gasteiger partial charge on any atom is 0.181 e. The van der Waals surface area contributed by atoms with Crippen LogP contribution in [-0.4, -0.2) is 25.0 Å². The zero-order valence-corrected chi connectivity index (χ0v) is 8.55. The third-order valence-corrected chi connectivity index (χ3v) is 2.38. The van der Waals surface area contributed by atoms with Gasteiger partial charge >= 0.3 is 0 Å². The number of imidazole rings is 1. The van der Waals surface area contributed by atoms with Gasteiger partial charge in [-0.2, -0.15) is 0 Å². The van der Waals surface area contributed by atoms with Crippen LogP contribution in [-0.2, 0) is 0 Å². The normalized spacial score (nSPS) is 10.9. The third kappa shape index (κ3) is 1.59. The summed E-state index contributed by atoms with van der Waals surface area (Å²) in [5.74, 6) is -0.125. The van der Waals surface area contributed by atoms with Crippen LogP contribution in [0.15, 0.2) is 30.7 Å². The predicted octanol–water partition coefficient (Wildman–Crippen LogP) is 1.86. The van der Waals surface area contributed by atoms with Gasteiger partial charge in [0, 0.05) is 0 Å². The number of halogens is 1. The molecule has 5 nitrogen and oxygen atoms in total. The molecular formula is C11H7FN4O. The van der Waals surface area contributed by atoms with E-state index in [1.165, 1.54) is 24.5 Å². The van der Waals surface area contributed by atoms with Crippen LogP contribution in [0.2, 0.25) is 0 Å². The van der Waals surface area contributed by atoms with E-state index in [0.717, 1.165) is 0 Å². The van der Waals surface area contributed by atoms with E-state index < -0.39 is 5.82 Å². The number of fused-ring (bicyclic) bond motifs is 1. The number of phenolic OH excluding ortho intramolecular Hbond substituents is 1. The second-order valence-corrected chi connectivity index (χ2v) is 3.51. The van der Waals surface area contributed by atoms with Crippen LogP contribution in [0.25, 0.3) is 22.6 Å². The van der Waals surface area contributed by atoms with Gasteiger partial charge in [-0.1, -0.05) is 0 Å². The maximum atomic E-state index is 13.1. The Hall–Kier alpha value is -2.50. The third-order valence-electron chi connectivity index (χ3n) is 2.38. The first-order valence-electron chi connectivity index (χ1n) is 4.88. The van der Waals surface area contributed by atoms with Gasteiger partial charge in [-0.05, 0) is 18.2 Å². The molecule has 0 radical (unpaired) electrons. The Morgan fingerprint density at radius 3 is 3.00 bits per heavy atom. The molecular weight excluding hydrogens is 223 g/mol. The SMILES string of the molecule is Oc1ccc(F)cc1-c1nc2ncncc2[nH]1. The van der Waals surface area contributed by atoms with Crippen LogP contribution in [0.3, 0.4) is 0 Å². The molecule has 0 amide bonds. The zero-order valence-electron chi connectivity index (χ0n) is 8.55. The predicted molar refractivity (Wildman–Crippen MR) is 58.7 cm³/mol. The molecule has 2 aromatic heterocycles. The zero-order chi connectivity index (χ0) is 11.8. The number of hydrogen-bond donors (Lipinski definition) is 2.